The second-order valence-corrected chi connectivity index (χ2v) is 7.06. The van der Waals surface area contributed by atoms with Gasteiger partial charge < -0.3 is 15.8 Å². The largest absolute Gasteiger partial charge is 0.381 e. The normalized spacial score (nSPS) is 24.4. The van der Waals surface area contributed by atoms with Crippen LogP contribution < -0.4 is 11.1 Å². The Morgan fingerprint density at radius 3 is 2.52 bits per heavy atom. The van der Waals surface area contributed by atoms with Crippen LogP contribution in [0.25, 0.3) is 0 Å². The highest BCUT2D eigenvalue weighted by molar-refractivity contribution is 5.86. The zero-order valence-electron chi connectivity index (χ0n) is 15.1. The van der Waals surface area contributed by atoms with Crippen molar-refractivity contribution in [3.05, 3.63) is 35.9 Å². The van der Waals surface area contributed by atoms with Crippen molar-refractivity contribution in [2.24, 2.45) is 11.1 Å². The third kappa shape index (κ3) is 4.78. The number of benzene rings is 1. The monoisotopic (exact) mass is 392 g/mol. The Morgan fingerprint density at radius 1 is 1.26 bits per heavy atom. The van der Waals surface area contributed by atoms with Gasteiger partial charge in [-0.2, -0.15) is 5.26 Å². The molecule has 0 saturated carbocycles. The Morgan fingerprint density at radius 2 is 1.93 bits per heavy atom. The number of nitrogens with one attached hydrogen (secondary N) is 1. The van der Waals surface area contributed by atoms with Crippen LogP contribution in [-0.4, -0.2) is 55.6 Å². The standard InChI is InChI=1S/C19H24N4O3.ClH/c20-13-19(6-8-26-9-7-19)18(25)22-16-11-23(12-17(21)24)10-15(16)14-4-2-1-3-5-14;/h1-5,15-16H,6-12H2,(H2,21,24)(H,22,25);1H/t15-,16+;/m1./s1. The van der Waals surface area contributed by atoms with E-state index in [0.717, 1.165) is 5.56 Å². The van der Waals surface area contributed by atoms with E-state index < -0.39 is 5.41 Å². The first-order chi connectivity index (χ1) is 12.5. The number of halogens is 1. The predicted molar refractivity (Wildman–Crippen MR) is 102 cm³/mol. The van der Waals surface area contributed by atoms with Gasteiger partial charge in [-0.15, -0.1) is 12.4 Å². The molecule has 27 heavy (non-hydrogen) atoms. The Bertz CT molecular complexity index is 701. The van der Waals surface area contributed by atoms with Crippen LogP contribution in [0.1, 0.15) is 24.3 Å². The minimum atomic E-state index is -1.03. The molecule has 2 fully saturated rings. The van der Waals surface area contributed by atoms with Crippen LogP contribution in [0, 0.1) is 16.7 Å². The second kappa shape index (κ2) is 9.18. The molecule has 146 valence electrons. The molecule has 2 atom stereocenters. The lowest BCUT2D eigenvalue weighted by atomic mass is 9.80. The molecule has 0 bridgehead atoms. The SMILES string of the molecule is Cl.N#CC1(C(=O)N[C@H]2CN(CC(N)=O)C[C@@H]2c2ccccc2)CCOCC1. The summed E-state index contributed by atoms with van der Waals surface area (Å²) in [6.07, 6.45) is 0.812. The van der Waals surface area contributed by atoms with Gasteiger partial charge in [0.25, 0.3) is 0 Å². The summed E-state index contributed by atoms with van der Waals surface area (Å²) in [4.78, 5) is 26.2. The predicted octanol–water partition coefficient (Wildman–Crippen LogP) is 0.798. The number of nitriles is 1. The Labute approximate surface area is 165 Å². The molecule has 0 radical (unpaired) electrons. The van der Waals surface area contributed by atoms with Crippen molar-refractivity contribution in [1.29, 1.82) is 5.26 Å². The highest BCUT2D eigenvalue weighted by Crippen LogP contribution is 2.32. The van der Waals surface area contributed by atoms with E-state index in [1.54, 1.807) is 0 Å². The van der Waals surface area contributed by atoms with E-state index in [1.165, 1.54) is 0 Å². The first-order valence-corrected chi connectivity index (χ1v) is 8.90. The number of nitrogens with zero attached hydrogens (tertiary/aromatic N) is 2. The molecule has 3 N–H and O–H groups in total. The number of ether oxygens (including phenoxy) is 1. The molecule has 2 heterocycles. The lowest BCUT2D eigenvalue weighted by Crippen LogP contribution is -2.49. The fraction of sp³-hybridized carbons (Fsp3) is 0.526. The number of carbonyl (C=O) groups is 2. The van der Waals surface area contributed by atoms with Crippen molar-refractivity contribution in [1.82, 2.24) is 10.2 Å². The number of nitrogens with two attached hydrogens (primary N) is 1. The van der Waals surface area contributed by atoms with Gasteiger partial charge in [-0.05, 0) is 18.4 Å². The smallest absolute Gasteiger partial charge is 0.240 e. The highest BCUT2D eigenvalue weighted by Gasteiger charge is 2.43. The molecule has 8 heteroatoms. The van der Waals surface area contributed by atoms with Gasteiger partial charge in [0.15, 0.2) is 0 Å². The van der Waals surface area contributed by atoms with Gasteiger partial charge in [-0.25, -0.2) is 0 Å². The number of primary amides is 1. The molecule has 1 aromatic carbocycles. The van der Waals surface area contributed by atoms with Gasteiger partial charge in [0.1, 0.15) is 5.41 Å². The molecule has 0 spiro atoms. The maximum atomic E-state index is 12.9. The molecule has 0 aromatic heterocycles. The Kier molecular flexibility index (Phi) is 7.19. The van der Waals surface area contributed by atoms with Crippen LogP contribution in [0.4, 0.5) is 0 Å². The van der Waals surface area contributed by atoms with Gasteiger partial charge in [-0.3, -0.25) is 14.5 Å². The number of hydrogen-bond acceptors (Lipinski definition) is 5. The van der Waals surface area contributed by atoms with Crippen LogP contribution >= 0.6 is 12.4 Å². The maximum absolute atomic E-state index is 12.9. The first-order valence-electron chi connectivity index (χ1n) is 8.90. The second-order valence-electron chi connectivity index (χ2n) is 7.06. The quantitative estimate of drug-likeness (QED) is 0.770. The number of rotatable bonds is 5. The molecule has 0 aliphatic carbocycles. The topological polar surface area (TPSA) is 108 Å². The summed E-state index contributed by atoms with van der Waals surface area (Å²) < 4.78 is 5.31. The van der Waals surface area contributed by atoms with Crippen LogP contribution in [0.2, 0.25) is 0 Å². The summed E-state index contributed by atoms with van der Waals surface area (Å²) in [5, 5.41) is 12.7. The lowest BCUT2D eigenvalue weighted by molar-refractivity contribution is -0.133. The van der Waals surface area contributed by atoms with E-state index in [1.807, 2.05) is 35.2 Å². The zero-order valence-corrected chi connectivity index (χ0v) is 15.9. The molecule has 2 aliphatic rings. The molecule has 0 unspecified atom stereocenters. The number of carbonyl (C=O) groups excluding carboxylic acids is 2. The first kappa shape index (κ1) is 21.2. The molecule has 2 amide bonds. The van der Waals surface area contributed by atoms with Crippen molar-refractivity contribution in [2.75, 3.05) is 32.8 Å². The third-order valence-electron chi connectivity index (χ3n) is 5.31. The highest BCUT2D eigenvalue weighted by atomic mass is 35.5. The van der Waals surface area contributed by atoms with E-state index in [-0.39, 0.29) is 42.7 Å². The van der Waals surface area contributed by atoms with Gasteiger partial charge in [-0.1, -0.05) is 30.3 Å². The van der Waals surface area contributed by atoms with E-state index in [0.29, 0.717) is 39.1 Å². The fourth-order valence-electron chi connectivity index (χ4n) is 3.84. The molecular weight excluding hydrogens is 368 g/mol. The maximum Gasteiger partial charge on any atom is 0.240 e. The van der Waals surface area contributed by atoms with Crippen molar-refractivity contribution in [2.45, 2.75) is 24.8 Å². The summed E-state index contributed by atoms with van der Waals surface area (Å²) in [7, 11) is 0. The summed E-state index contributed by atoms with van der Waals surface area (Å²) in [5.41, 5.74) is 5.41. The third-order valence-corrected chi connectivity index (χ3v) is 5.31. The van der Waals surface area contributed by atoms with Crippen molar-refractivity contribution >= 4 is 24.2 Å². The minimum absolute atomic E-state index is 0. The van der Waals surface area contributed by atoms with E-state index in [2.05, 4.69) is 11.4 Å². The number of hydrogen-bond donors (Lipinski definition) is 2. The van der Waals surface area contributed by atoms with Gasteiger partial charge in [0, 0.05) is 38.3 Å². The molecular formula is C19H25ClN4O3. The van der Waals surface area contributed by atoms with Crippen LogP contribution in [0.5, 0.6) is 0 Å². The van der Waals surface area contributed by atoms with Crippen molar-refractivity contribution in [3.8, 4) is 6.07 Å². The van der Waals surface area contributed by atoms with E-state index >= 15 is 0 Å². The molecule has 3 rings (SSSR count). The zero-order chi connectivity index (χ0) is 18.6. The van der Waals surface area contributed by atoms with Gasteiger partial charge >= 0.3 is 0 Å². The van der Waals surface area contributed by atoms with Crippen molar-refractivity contribution in [3.63, 3.8) is 0 Å². The Hall–Kier alpha value is -2.14. The number of likely N-dealkylation sites (tertiary alicyclic amines) is 1. The lowest BCUT2D eigenvalue weighted by Gasteiger charge is -2.31. The summed E-state index contributed by atoms with van der Waals surface area (Å²) >= 11 is 0. The van der Waals surface area contributed by atoms with Crippen LogP contribution in [-0.2, 0) is 14.3 Å². The minimum Gasteiger partial charge on any atom is -0.381 e. The van der Waals surface area contributed by atoms with Gasteiger partial charge in [0.05, 0.1) is 12.6 Å². The van der Waals surface area contributed by atoms with E-state index in [4.69, 9.17) is 10.5 Å². The number of amides is 2. The molecule has 1 aromatic rings. The molecule has 7 nitrogen and oxygen atoms in total. The Balaban J connectivity index is 0.00000261. The fourth-order valence-corrected chi connectivity index (χ4v) is 3.84. The molecule has 2 aliphatic heterocycles. The van der Waals surface area contributed by atoms with Crippen molar-refractivity contribution < 1.29 is 14.3 Å². The molecule has 2 saturated heterocycles. The van der Waals surface area contributed by atoms with Crippen LogP contribution in [0.15, 0.2) is 30.3 Å². The average molecular weight is 393 g/mol. The summed E-state index contributed by atoms with van der Waals surface area (Å²) in [6, 6.07) is 11.9. The average Bonchev–Trinajstić information content (AvgIpc) is 3.04. The van der Waals surface area contributed by atoms with Gasteiger partial charge in [0.2, 0.25) is 11.8 Å². The van der Waals surface area contributed by atoms with E-state index in [9.17, 15) is 14.9 Å². The van der Waals surface area contributed by atoms with Crippen LogP contribution in [0.3, 0.4) is 0 Å². The summed E-state index contributed by atoms with van der Waals surface area (Å²) in [6.45, 7) is 2.17. The summed E-state index contributed by atoms with van der Waals surface area (Å²) in [5.74, 6) is -0.577.